The first-order chi connectivity index (χ1) is 13.7. The van der Waals surface area contributed by atoms with Crippen molar-refractivity contribution >= 4 is 34.8 Å². The molecule has 4 heteroatoms. The van der Waals surface area contributed by atoms with E-state index in [0.29, 0.717) is 15.6 Å². The Hall–Kier alpha value is -2.29. The van der Waals surface area contributed by atoms with E-state index >= 15 is 0 Å². The van der Waals surface area contributed by atoms with E-state index in [9.17, 15) is 4.79 Å². The number of benzene rings is 3. The van der Waals surface area contributed by atoms with Crippen LogP contribution in [-0.4, -0.2) is 11.4 Å². The number of rotatable bonds is 2. The Balaban J connectivity index is 1.90. The fraction of sp³-hybridized carbons (Fsp3) is 0.240. The van der Waals surface area contributed by atoms with Crippen LogP contribution < -0.4 is 4.90 Å². The van der Waals surface area contributed by atoms with Crippen molar-refractivity contribution in [1.29, 1.82) is 0 Å². The maximum Gasteiger partial charge on any atom is 0.260 e. The average molecular weight is 424 g/mol. The van der Waals surface area contributed by atoms with Crippen molar-refractivity contribution in [2.24, 2.45) is 0 Å². The molecule has 1 aliphatic rings. The number of para-hydroxylation sites is 1. The third-order valence-corrected chi connectivity index (χ3v) is 6.45. The number of fused-ring (bicyclic) bond motifs is 1. The normalized spacial score (nSPS) is 20.2. The van der Waals surface area contributed by atoms with Gasteiger partial charge in [-0.3, -0.25) is 4.79 Å². The Morgan fingerprint density at radius 1 is 0.897 bits per heavy atom. The van der Waals surface area contributed by atoms with Crippen LogP contribution >= 0.6 is 23.2 Å². The summed E-state index contributed by atoms with van der Waals surface area (Å²) in [4.78, 5) is 15.5. The monoisotopic (exact) mass is 423 g/mol. The molecule has 3 aromatic carbocycles. The quantitative estimate of drug-likeness (QED) is 0.429. The van der Waals surface area contributed by atoms with Gasteiger partial charge in [0, 0.05) is 21.7 Å². The SMILES string of the molecule is CC1(C)C[C@@](C)(c2ccccc2)c2ccccc2N1C(=O)c1ccc(Cl)cc1Cl. The van der Waals surface area contributed by atoms with E-state index in [2.05, 4.69) is 51.1 Å². The van der Waals surface area contributed by atoms with Gasteiger partial charge in [0.1, 0.15) is 0 Å². The minimum absolute atomic E-state index is 0.112. The van der Waals surface area contributed by atoms with E-state index in [1.807, 2.05) is 29.2 Å². The van der Waals surface area contributed by atoms with Gasteiger partial charge in [-0.05, 0) is 55.7 Å². The van der Waals surface area contributed by atoms with Crippen LogP contribution in [0.3, 0.4) is 0 Å². The molecule has 0 fully saturated rings. The Morgan fingerprint density at radius 3 is 2.24 bits per heavy atom. The molecule has 2 nitrogen and oxygen atoms in total. The van der Waals surface area contributed by atoms with Gasteiger partial charge in [-0.2, -0.15) is 0 Å². The van der Waals surface area contributed by atoms with E-state index in [1.54, 1.807) is 18.2 Å². The van der Waals surface area contributed by atoms with Gasteiger partial charge < -0.3 is 4.90 Å². The van der Waals surface area contributed by atoms with Gasteiger partial charge in [-0.15, -0.1) is 0 Å². The summed E-state index contributed by atoms with van der Waals surface area (Å²) in [6.07, 6.45) is 0.790. The molecule has 0 aliphatic carbocycles. The smallest absolute Gasteiger partial charge is 0.260 e. The van der Waals surface area contributed by atoms with Gasteiger partial charge in [0.2, 0.25) is 0 Å². The van der Waals surface area contributed by atoms with Crippen LogP contribution in [0.25, 0.3) is 0 Å². The fourth-order valence-electron chi connectivity index (χ4n) is 4.73. The number of halogens is 2. The first-order valence-corrected chi connectivity index (χ1v) is 10.4. The van der Waals surface area contributed by atoms with Crippen molar-refractivity contribution in [1.82, 2.24) is 0 Å². The summed E-state index contributed by atoms with van der Waals surface area (Å²) in [6.45, 7) is 6.50. The molecule has 0 bridgehead atoms. The molecule has 0 unspecified atom stereocenters. The maximum atomic E-state index is 13.7. The van der Waals surface area contributed by atoms with Crippen molar-refractivity contribution < 1.29 is 4.79 Å². The summed E-state index contributed by atoms with van der Waals surface area (Å²) >= 11 is 12.4. The Morgan fingerprint density at radius 2 is 1.55 bits per heavy atom. The summed E-state index contributed by atoms with van der Waals surface area (Å²) in [5, 5.41) is 0.883. The highest BCUT2D eigenvalue weighted by molar-refractivity contribution is 6.37. The van der Waals surface area contributed by atoms with Gasteiger partial charge in [-0.1, -0.05) is 78.7 Å². The Bertz CT molecular complexity index is 1080. The molecular weight excluding hydrogens is 401 g/mol. The molecule has 0 saturated carbocycles. The zero-order chi connectivity index (χ0) is 20.8. The minimum atomic E-state index is -0.418. The summed E-state index contributed by atoms with van der Waals surface area (Å²) in [6, 6.07) is 23.7. The van der Waals surface area contributed by atoms with Crippen LogP contribution in [0.15, 0.2) is 72.8 Å². The van der Waals surface area contributed by atoms with Crippen molar-refractivity contribution in [3.63, 3.8) is 0 Å². The molecule has 0 spiro atoms. The first-order valence-electron chi connectivity index (χ1n) is 9.69. The first kappa shape index (κ1) is 20.0. The summed E-state index contributed by atoms with van der Waals surface area (Å²) in [5.41, 5.74) is 3.15. The second-order valence-corrected chi connectivity index (χ2v) is 9.31. The maximum absolute atomic E-state index is 13.7. The lowest BCUT2D eigenvalue weighted by Crippen LogP contribution is -2.55. The molecule has 29 heavy (non-hydrogen) atoms. The Labute approximate surface area is 182 Å². The lowest BCUT2D eigenvalue weighted by molar-refractivity contribution is 0.0949. The molecule has 0 N–H and O–H groups in total. The van der Waals surface area contributed by atoms with Crippen molar-refractivity contribution in [3.05, 3.63) is 99.5 Å². The summed E-state index contributed by atoms with van der Waals surface area (Å²) in [5.74, 6) is -0.112. The van der Waals surface area contributed by atoms with Crippen molar-refractivity contribution in [2.45, 2.75) is 38.1 Å². The number of hydrogen-bond acceptors (Lipinski definition) is 1. The minimum Gasteiger partial charge on any atom is -0.302 e. The Kier molecular flexibility index (Phi) is 4.96. The van der Waals surface area contributed by atoms with Crippen molar-refractivity contribution in [2.75, 3.05) is 4.90 Å². The molecule has 0 saturated heterocycles. The fourth-order valence-corrected chi connectivity index (χ4v) is 5.22. The second kappa shape index (κ2) is 7.19. The number of anilines is 1. The van der Waals surface area contributed by atoms with Crippen LogP contribution in [0.4, 0.5) is 5.69 Å². The zero-order valence-electron chi connectivity index (χ0n) is 16.7. The van der Waals surface area contributed by atoms with E-state index in [1.165, 1.54) is 5.56 Å². The van der Waals surface area contributed by atoms with Crippen LogP contribution in [0.5, 0.6) is 0 Å². The number of hydrogen-bond donors (Lipinski definition) is 0. The largest absolute Gasteiger partial charge is 0.302 e. The predicted molar refractivity (Wildman–Crippen MR) is 121 cm³/mol. The number of nitrogens with zero attached hydrogens (tertiary/aromatic N) is 1. The average Bonchev–Trinajstić information content (AvgIpc) is 2.68. The number of amides is 1. The zero-order valence-corrected chi connectivity index (χ0v) is 18.3. The molecule has 4 rings (SSSR count). The van der Waals surface area contributed by atoms with Gasteiger partial charge in [0.25, 0.3) is 5.91 Å². The third-order valence-electron chi connectivity index (χ3n) is 5.91. The topological polar surface area (TPSA) is 20.3 Å². The van der Waals surface area contributed by atoms with Crippen LogP contribution in [0.2, 0.25) is 10.0 Å². The lowest BCUT2D eigenvalue weighted by Gasteiger charge is -2.51. The van der Waals surface area contributed by atoms with E-state index in [-0.39, 0.29) is 11.3 Å². The van der Waals surface area contributed by atoms with E-state index < -0.39 is 5.54 Å². The van der Waals surface area contributed by atoms with Gasteiger partial charge in [0.15, 0.2) is 0 Å². The molecule has 1 aliphatic heterocycles. The molecule has 1 amide bonds. The summed E-state index contributed by atoms with van der Waals surface area (Å²) in [7, 11) is 0. The van der Waals surface area contributed by atoms with Crippen molar-refractivity contribution in [3.8, 4) is 0 Å². The molecule has 3 aromatic rings. The highest BCUT2D eigenvalue weighted by Crippen LogP contribution is 2.50. The van der Waals surface area contributed by atoms with Gasteiger partial charge in [-0.25, -0.2) is 0 Å². The highest BCUT2D eigenvalue weighted by atomic mass is 35.5. The number of carbonyl (C=O) groups excluding carboxylic acids is 1. The van der Waals surface area contributed by atoms with Gasteiger partial charge >= 0.3 is 0 Å². The predicted octanol–water partition coefficient (Wildman–Crippen LogP) is 7.13. The molecule has 0 radical (unpaired) electrons. The van der Waals surface area contributed by atoms with Crippen LogP contribution in [0, 0.1) is 0 Å². The molecular formula is C25H23Cl2NO. The molecule has 1 heterocycles. The lowest BCUT2D eigenvalue weighted by atomic mass is 9.65. The van der Waals surface area contributed by atoms with Gasteiger partial charge in [0.05, 0.1) is 10.6 Å². The molecule has 0 aromatic heterocycles. The molecule has 1 atom stereocenters. The molecule has 148 valence electrons. The second-order valence-electron chi connectivity index (χ2n) is 8.47. The van der Waals surface area contributed by atoms with E-state index in [4.69, 9.17) is 23.2 Å². The highest BCUT2D eigenvalue weighted by Gasteiger charge is 2.47. The van der Waals surface area contributed by atoms with Crippen LogP contribution in [-0.2, 0) is 5.41 Å². The van der Waals surface area contributed by atoms with Crippen LogP contribution in [0.1, 0.15) is 48.7 Å². The summed E-state index contributed by atoms with van der Waals surface area (Å²) < 4.78 is 0. The number of carbonyl (C=O) groups is 1. The third kappa shape index (κ3) is 3.35. The standard InChI is InChI=1S/C25H23Cl2NO/c1-24(2)16-25(3,17-9-5-4-6-10-17)20-11-7-8-12-22(20)28(24)23(29)19-14-13-18(26)15-21(19)27/h4-15H,16H2,1-3H3/t25-/m0/s1. The van der Waals surface area contributed by atoms with E-state index in [0.717, 1.165) is 17.7 Å².